The lowest BCUT2D eigenvalue weighted by atomic mass is 10.0. The van der Waals surface area contributed by atoms with E-state index in [0.717, 1.165) is 32.2 Å². The van der Waals surface area contributed by atoms with Crippen LogP contribution < -0.4 is 15.0 Å². The van der Waals surface area contributed by atoms with Crippen molar-refractivity contribution in [2.45, 2.75) is 6.42 Å². The molecule has 0 spiro atoms. The number of rotatable bonds is 7. The number of hydrogen-bond acceptors (Lipinski definition) is 8. The van der Waals surface area contributed by atoms with Gasteiger partial charge in [-0.05, 0) is 34.2 Å². The van der Waals surface area contributed by atoms with Crippen LogP contribution in [-0.4, -0.2) is 40.1 Å². The molecule has 0 unspecified atom stereocenters. The van der Waals surface area contributed by atoms with Gasteiger partial charge in [0.2, 0.25) is 15.8 Å². The molecule has 0 fully saturated rings. The summed E-state index contributed by atoms with van der Waals surface area (Å²) in [6.45, 7) is 0. The van der Waals surface area contributed by atoms with E-state index in [1.54, 1.807) is 5.38 Å². The molecular formula is C22H19N3O7S2. The van der Waals surface area contributed by atoms with Crippen molar-refractivity contribution < 1.29 is 28.2 Å². The second kappa shape index (κ2) is 9.15. The van der Waals surface area contributed by atoms with Crippen molar-refractivity contribution in [3.63, 3.8) is 0 Å². The highest BCUT2D eigenvalue weighted by Gasteiger charge is 2.23. The Morgan fingerprint density at radius 3 is 2.68 bits per heavy atom. The number of aromatic nitrogens is 2. The fraction of sp³-hybridized carbons (Fsp3) is 0.136. The number of nitrogens with zero attached hydrogens (tertiary/aromatic N) is 2. The first-order chi connectivity index (χ1) is 16.2. The second-order valence-electron chi connectivity index (χ2n) is 7.29. The second-order valence-corrected chi connectivity index (χ2v) is 10.1. The maximum Gasteiger partial charge on any atom is 0.512 e. The lowest BCUT2D eigenvalue weighted by Gasteiger charge is -2.13. The van der Waals surface area contributed by atoms with Gasteiger partial charge in [-0.3, -0.25) is 14.1 Å². The largest absolute Gasteiger partial charge is 0.512 e. The quantitative estimate of drug-likeness (QED) is 0.326. The molecule has 0 saturated carbocycles. The zero-order chi connectivity index (χ0) is 24.5. The highest BCUT2D eigenvalue weighted by molar-refractivity contribution is 7.92. The van der Waals surface area contributed by atoms with Gasteiger partial charge in [0.25, 0.3) is 11.4 Å². The predicted molar refractivity (Wildman–Crippen MR) is 128 cm³/mol. The molecule has 176 valence electrons. The highest BCUT2D eigenvalue weighted by atomic mass is 32.2. The Hall–Kier alpha value is -3.90. The van der Waals surface area contributed by atoms with Gasteiger partial charge in [0.1, 0.15) is 0 Å². The summed E-state index contributed by atoms with van der Waals surface area (Å²) in [5.74, 6) is -2.02. The Morgan fingerprint density at radius 1 is 1.18 bits per heavy atom. The first-order valence-corrected chi connectivity index (χ1v) is 12.5. The highest BCUT2D eigenvalue weighted by Crippen LogP contribution is 2.34. The number of thiophene rings is 1. The monoisotopic (exact) mass is 501 g/mol. The van der Waals surface area contributed by atoms with Crippen LogP contribution in [0.2, 0.25) is 0 Å². The van der Waals surface area contributed by atoms with Crippen molar-refractivity contribution in [2.75, 3.05) is 10.5 Å². The number of carboxylic acid groups (broad SMARTS) is 1. The summed E-state index contributed by atoms with van der Waals surface area (Å²) in [5, 5.41) is 22.3. The van der Waals surface area contributed by atoms with Crippen molar-refractivity contribution in [1.82, 2.24) is 9.55 Å². The van der Waals surface area contributed by atoms with Crippen molar-refractivity contribution in [3.8, 4) is 22.3 Å². The van der Waals surface area contributed by atoms with Gasteiger partial charge in [-0.2, -0.15) is 4.98 Å². The van der Waals surface area contributed by atoms with Crippen molar-refractivity contribution in [1.29, 1.82) is 0 Å². The average Bonchev–Trinajstić information content (AvgIpc) is 3.24. The van der Waals surface area contributed by atoms with Gasteiger partial charge in [-0.15, -0.1) is 11.3 Å². The Labute approximate surface area is 197 Å². The summed E-state index contributed by atoms with van der Waals surface area (Å²) in [5.41, 5.74) is 0.115. The number of aryl methyl sites for hydroxylation is 1. The molecule has 0 aliphatic heterocycles. The Morgan fingerprint density at radius 2 is 1.91 bits per heavy atom. The third-order valence-electron chi connectivity index (χ3n) is 5.07. The van der Waals surface area contributed by atoms with E-state index in [9.17, 15) is 23.1 Å². The normalized spacial score (nSPS) is 11.4. The van der Waals surface area contributed by atoms with E-state index in [2.05, 4.69) is 14.4 Å². The number of hydrogen-bond donors (Lipinski definition) is 3. The van der Waals surface area contributed by atoms with Crippen molar-refractivity contribution in [3.05, 3.63) is 69.8 Å². The maximum absolute atomic E-state index is 12.9. The molecule has 3 N–H and O–H groups in total. The van der Waals surface area contributed by atoms with Gasteiger partial charge in [0.15, 0.2) is 5.82 Å². The SMILES string of the molecule is Cn1c(-c2sccc2NS(=O)(=O)CCc2cccc3ccccc23)nc(OC(=O)O)c(O)c1=O. The number of aromatic hydroxyl groups is 1. The van der Waals surface area contributed by atoms with Crippen LogP contribution in [0, 0.1) is 0 Å². The summed E-state index contributed by atoms with van der Waals surface area (Å²) in [6, 6.07) is 14.9. The number of benzene rings is 2. The molecule has 0 atom stereocenters. The van der Waals surface area contributed by atoms with Crippen molar-refractivity contribution >= 4 is 44.0 Å². The fourth-order valence-corrected chi connectivity index (χ4v) is 5.50. The number of carbonyl (C=O) groups is 1. The zero-order valence-corrected chi connectivity index (χ0v) is 19.4. The summed E-state index contributed by atoms with van der Waals surface area (Å²) in [6.07, 6.45) is -1.48. The molecular weight excluding hydrogens is 482 g/mol. The summed E-state index contributed by atoms with van der Waals surface area (Å²) >= 11 is 1.08. The number of ether oxygens (including phenoxy) is 1. The molecule has 4 aromatic rings. The molecule has 0 bridgehead atoms. The lowest BCUT2D eigenvalue weighted by Crippen LogP contribution is -2.22. The van der Waals surface area contributed by atoms with Gasteiger partial charge < -0.3 is 14.9 Å². The van der Waals surface area contributed by atoms with Crippen LogP contribution in [0.15, 0.2) is 58.7 Å². The summed E-state index contributed by atoms with van der Waals surface area (Å²) in [7, 11) is -2.48. The van der Waals surface area contributed by atoms with Crippen LogP contribution in [0.25, 0.3) is 21.5 Å². The zero-order valence-electron chi connectivity index (χ0n) is 17.8. The van der Waals surface area contributed by atoms with E-state index in [1.807, 2.05) is 42.5 Å². The van der Waals surface area contributed by atoms with Gasteiger partial charge in [-0.25, -0.2) is 13.2 Å². The van der Waals surface area contributed by atoms with Crippen LogP contribution in [0.3, 0.4) is 0 Å². The van der Waals surface area contributed by atoms with Gasteiger partial charge in [0.05, 0.1) is 16.3 Å². The first-order valence-electron chi connectivity index (χ1n) is 9.92. The summed E-state index contributed by atoms with van der Waals surface area (Å²) in [4.78, 5) is 27.4. The smallest absolute Gasteiger partial charge is 0.499 e. The molecule has 2 heterocycles. The van der Waals surface area contributed by atoms with E-state index < -0.39 is 33.4 Å². The standard InChI is InChI=1S/C22H19N3O7S2/c1-25-19(23-20(32-22(28)29)17(26)21(25)27)18-16(9-11-33-18)24-34(30,31)12-10-14-7-4-6-13-5-2-3-8-15(13)14/h2-9,11,24,26H,10,12H2,1H3,(H,28,29). The Kier molecular flexibility index (Phi) is 6.26. The van der Waals surface area contributed by atoms with Crippen LogP contribution in [-0.2, 0) is 23.5 Å². The Balaban J connectivity index is 1.61. The third-order valence-corrected chi connectivity index (χ3v) is 7.26. The molecule has 0 saturated heterocycles. The Bertz CT molecular complexity index is 1550. The number of nitrogens with one attached hydrogen (secondary N) is 1. The molecule has 10 nitrogen and oxygen atoms in total. The predicted octanol–water partition coefficient (Wildman–Crippen LogP) is 3.41. The van der Waals surface area contributed by atoms with Crippen LogP contribution in [0.1, 0.15) is 5.56 Å². The third kappa shape index (κ3) is 4.72. The minimum atomic E-state index is -3.80. The molecule has 0 radical (unpaired) electrons. The van der Waals surface area contributed by atoms with Gasteiger partial charge >= 0.3 is 6.16 Å². The van der Waals surface area contributed by atoms with Crippen LogP contribution in [0.5, 0.6) is 11.6 Å². The first kappa shape index (κ1) is 23.3. The number of sulfonamides is 1. The van der Waals surface area contributed by atoms with Gasteiger partial charge in [0, 0.05) is 7.05 Å². The fourth-order valence-electron chi connectivity index (χ4n) is 3.46. The van der Waals surface area contributed by atoms with Gasteiger partial charge in [-0.1, -0.05) is 42.5 Å². The minimum absolute atomic E-state index is 0.0687. The molecule has 34 heavy (non-hydrogen) atoms. The number of fused-ring (bicyclic) bond motifs is 1. The molecule has 0 aliphatic rings. The molecule has 0 aliphatic carbocycles. The summed E-state index contributed by atoms with van der Waals surface area (Å²) < 4.78 is 33.6. The van der Waals surface area contributed by atoms with Crippen LogP contribution >= 0.6 is 11.3 Å². The molecule has 2 aromatic carbocycles. The molecule has 12 heteroatoms. The van der Waals surface area contributed by atoms with Crippen LogP contribution in [0.4, 0.5) is 10.5 Å². The van der Waals surface area contributed by atoms with E-state index in [-0.39, 0.29) is 28.6 Å². The van der Waals surface area contributed by atoms with E-state index in [4.69, 9.17) is 5.11 Å². The average molecular weight is 502 g/mol. The van der Waals surface area contributed by atoms with Crippen molar-refractivity contribution in [2.24, 2.45) is 7.05 Å². The number of anilines is 1. The molecule has 4 rings (SSSR count). The lowest BCUT2D eigenvalue weighted by molar-refractivity contribution is 0.140. The maximum atomic E-state index is 12.9. The van der Waals surface area contributed by atoms with E-state index in [1.165, 1.54) is 13.1 Å². The van der Waals surface area contributed by atoms with E-state index >= 15 is 0 Å². The topological polar surface area (TPSA) is 148 Å². The van der Waals surface area contributed by atoms with E-state index in [0.29, 0.717) is 0 Å². The molecule has 2 aromatic heterocycles. The minimum Gasteiger partial charge on any atom is -0.499 e. The molecule has 0 amide bonds.